The van der Waals surface area contributed by atoms with E-state index in [0.29, 0.717) is 19.0 Å². The van der Waals surface area contributed by atoms with Gasteiger partial charge in [0.05, 0.1) is 12.3 Å². The van der Waals surface area contributed by atoms with Crippen molar-refractivity contribution in [2.75, 3.05) is 25.4 Å². The summed E-state index contributed by atoms with van der Waals surface area (Å²) >= 11 is 0. The van der Waals surface area contributed by atoms with E-state index in [-0.39, 0.29) is 18.3 Å². The Labute approximate surface area is 157 Å². The van der Waals surface area contributed by atoms with Crippen molar-refractivity contribution >= 4 is 22.1 Å². The van der Waals surface area contributed by atoms with E-state index in [4.69, 9.17) is 9.88 Å². The van der Waals surface area contributed by atoms with Crippen molar-refractivity contribution in [2.24, 2.45) is 10.1 Å². The number of primary sulfonamides is 1. The van der Waals surface area contributed by atoms with Gasteiger partial charge in [-0.1, -0.05) is 19.8 Å². The molecule has 154 valence electrons. The summed E-state index contributed by atoms with van der Waals surface area (Å²) in [5, 5.41) is 14.0. The number of hydrogen-bond donors (Lipinski definition) is 4. The summed E-state index contributed by atoms with van der Waals surface area (Å²) in [6.07, 6.45) is 2.34. The van der Waals surface area contributed by atoms with E-state index in [1.165, 1.54) is 0 Å². The van der Waals surface area contributed by atoms with Crippen LogP contribution in [0.1, 0.15) is 53.9 Å². The third kappa shape index (κ3) is 14.8. The Bertz CT molecular complexity index is 543. The third-order valence-corrected chi connectivity index (χ3v) is 3.88. The van der Waals surface area contributed by atoms with Crippen LogP contribution in [-0.4, -0.2) is 57.5 Å². The molecule has 10 heteroatoms. The fourth-order valence-electron chi connectivity index (χ4n) is 1.99. The van der Waals surface area contributed by atoms with E-state index in [2.05, 4.69) is 27.9 Å². The number of sulfonamides is 1. The molecular weight excluding hydrogens is 358 g/mol. The van der Waals surface area contributed by atoms with Crippen LogP contribution < -0.4 is 21.1 Å². The number of hydrogen-bond acceptors (Lipinski definition) is 5. The zero-order valence-corrected chi connectivity index (χ0v) is 17.4. The zero-order valence-electron chi connectivity index (χ0n) is 16.6. The van der Waals surface area contributed by atoms with Gasteiger partial charge in [0.1, 0.15) is 5.60 Å². The number of amides is 1. The third-order valence-electron chi connectivity index (χ3n) is 3.13. The van der Waals surface area contributed by atoms with Crippen molar-refractivity contribution in [1.82, 2.24) is 16.0 Å². The van der Waals surface area contributed by atoms with Gasteiger partial charge in [-0.15, -0.1) is 0 Å². The number of nitrogens with two attached hydrogens (primary N) is 1. The number of nitrogens with zero attached hydrogens (tertiary/aromatic N) is 1. The van der Waals surface area contributed by atoms with E-state index in [9.17, 15) is 13.2 Å². The second kappa shape index (κ2) is 11.9. The van der Waals surface area contributed by atoms with Crippen LogP contribution >= 0.6 is 0 Å². The van der Waals surface area contributed by atoms with Crippen molar-refractivity contribution in [3.05, 3.63) is 0 Å². The second-order valence-corrected chi connectivity index (χ2v) is 8.73. The number of carbonyl (C=O) groups is 1. The van der Waals surface area contributed by atoms with E-state index in [1.54, 1.807) is 20.8 Å². The Morgan fingerprint density at radius 2 is 1.88 bits per heavy atom. The molecule has 0 aromatic carbocycles. The van der Waals surface area contributed by atoms with E-state index in [1.807, 2.05) is 6.92 Å². The van der Waals surface area contributed by atoms with Crippen molar-refractivity contribution in [2.45, 2.75) is 65.5 Å². The normalized spacial score (nSPS) is 13.8. The summed E-state index contributed by atoms with van der Waals surface area (Å²) in [5.74, 6) is 0.266. The molecule has 0 aromatic heterocycles. The van der Waals surface area contributed by atoms with Crippen LogP contribution in [0.4, 0.5) is 4.79 Å². The molecule has 0 aliphatic rings. The topological polar surface area (TPSA) is 135 Å². The molecule has 0 saturated carbocycles. The summed E-state index contributed by atoms with van der Waals surface area (Å²) in [6, 6.07) is -0.0604. The van der Waals surface area contributed by atoms with Crippen LogP contribution in [-0.2, 0) is 14.8 Å². The molecule has 0 spiro atoms. The highest BCUT2D eigenvalue weighted by Crippen LogP contribution is 2.07. The minimum absolute atomic E-state index is 0.0604. The van der Waals surface area contributed by atoms with Crippen LogP contribution in [0.2, 0.25) is 0 Å². The number of rotatable bonds is 10. The number of guanidine groups is 1. The lowest BCUT2D eigenvalue weighted by Crippen LogP contribution is -2.49. The highest BCUT2D eigenvalue weighted by Gasteiger charge is 2.18. The largest absolute Gasteiger partial charge is 0.444 e. The van der Waals surface area contributed by atoms with Crippen LogP contribution in [0.3, 0.4) is 0 Å². The summed E-state index contributed by atoms with van der Waals surface area (Å²) in [4.78, 5) is 16.1. The van der Waals surface area contributed by atoms with Crippen LogP contribution in [0.15, 0.2) is 4.99 Å². The number of unbranched alkanes of at least 4 members (excludes halogenated alkanes) is 1. The maximum Gasteiger partial charge on any atom is 0.407 e. The van der Waals surface area contributed by atoms with Gasteiger partial charge in [0.25, 0.3) is 0 Å². The molecule has 0 aliphatic carbocycles. The Kier molecular flexibility index (Phi) is 11.2. The molecule has 0 aromatic rings. The van der Waals surface area contributed by atoms with Gasteiger partial charge in [0.2, 0.25) is 10.0 Å². The monoisotopic (exact) mass is 393 g/mol. The smallest absolute Gasteiger partial charge is 0.407 e. The average molecular weight is 394 g/mol. The minimum Gasteiger partial charge on any atom is -0.444 e. The lowest BCUT2D eigenvalue weighted by molar-refractivity contribution is 0.0522. The number of nitrogens with one attached hydrogen (secondary N) is 3. The highest BCUT2D eigenvalue weighted by atomic mass is 32.2. The molecule has 0 bridgehead atoms. The summed E-state index contributed by atoms with van der Waals surface area (Å²) in [5.41, 5.74) is -0.555. The first-order valence-corrected chi connectivity index (χ1v) is 10.7. The van der Waals surface area contributed by atoms with Gasteiger partial charge >= 0.3 is 6.09 Å². The van der Waals surface area contributed by atoms with E-state index < -0.39 is 21.7 Å². The number of alkyl carbamates (subject to hydrolysis) is 1. The molecule has 0 rings (SSSR count). The Morgan fingerprint density at radius 3 is 2.38 bits per heavy atom. The quantitative estimate of drug-likeness (QED) is 0.322. The molecule has 0 saturated heterocycles. The van der Waals surface area contributed by atoms with Gasteiger partial charge < -0.3 is 20.7 Å². The molecule has 9 nitrogen and oxygen atoms in total. The van der Waals surface area contributed by atoms with Crippen LogP contribution in [0.5, 0.6) is 0 Å². The zero-order chi connectivity index (χ0) is 20.2. The lowest BCUT2D eigenvalue weighted by atomic mass is 10.1. The molecule has 1 amide bonds. The van der Waals surface area contributed by atoms with Gasteiger partial charge in [-0.25, -0.2) is 18.4 Å². The van der Waals surface area contributed by atoms with Gasteiger partial charge in [0.15, 0.2) is 5.96 Å². The van der Waals surface area contributed by atoms with E-state index >= 15 is 0 Å². The molecule has 1 atom stereocenters. The van der Waals surface area contributed by atoms with Gasteiger partial charge in [0, 0.05) is 19.1 Å². The van der Waals surface area contributed by atoms with Crippen LogP contribution in [0, 0.1) is 0 Å². The Morgan fingerprint density at radius 1 is 1.23 bits per heavy atom. The molecular formula is C16H35N5O4S. The highest BCUT2D eigenvalue weighted by molar-refractivity contribution is 7.89. The van der Waals surface area contributed by atoms with Crippen molar-refractivity contribution < 1.29 is 17.9 Å². The Hall–Kier alpha value is -1.55. The SMILES string of the molecule is CCCCC(CNC(=O)OC(C)(C)C)NC(=NCCS(N)(=O)=O)NCC. The van der Waals surface area contributed by atoms with Crippen molar-refractivity contribution in [3.63, 3.8) is 0 Å². The second-order valence-electron chi connectivity index (χ2n) is 6.99. The van der Waals surface area contributed by atoms with Gasteiger partial charge in [-0.05, 0) is 34.1 Å². The Balaban J connectivity index is 4.79. The predicted molar refractivity (Wildman–Crippen MR) is 105 cm³/mol. The van der Waals surface area contributed by atoms with Gasteiger partial charge in [-0.2, -0.15) is 0 Å². The maximum absolute atomic E-state index is 11.8. The molecule has 0 radical (unpaired) electrons. The first-order valence-electron chi connectivity index (χ1n) is 8.99. The molecule has 0 aliphatic heterocycles. The molecule has 5 N–H and O–H groups in total. The number of carbonyl (C=O) groups excluding carboxylic acids is 1. The fourth-order valence-corrected chi connectivity index (χ4v) is 2.34. The summed E-state index contributed by atoms with van der Waals surface area (Å²) < 4.78 is 27.3. The van der Waals surface area contributed by atoms with Gasteiger partial charge in [-0.3, -0.25) is 4.99 Å². The molecule has 1 unspecified atom stereocenters. The molecule has 0 fully saturated rings. The first kappa shape index (κ1) is 24.5. The van der Waals surface area contributed by atoms with Crippen molar-refractivity contribution in [3.8, 4) is 0 Å². The lowest BCUT2D eigenvalue weighted by Gasteiger charge is -2.24. The maximum atomic E-state index is 11.8. The first-order chi connectivity index (χ1) is 12.0. The minimum atomic E-state index is -3.55. The van der Waals surface area contributed by atoms with E-state index in [0.717, 1.165) is 19.3 Å². The molecule has 26 heavy (non-hydrogen) atoms. The number of aliphatic imine (C=N–C) groups is 1. The fraction of sp³-hybridized carbons (Fsp3) is 0.875. The standard InChI is InChI=1S/C16H35N5O4S/c1-6-8-9-13(12-20-15(22)25-16(3,4)5)21-14(18-7-2)19-10-11-26(17,23)24/h13H,6-12H2,1-5H3,(H,20,22)(H2,17,23,24)(H2,18,19,21). The van der Waals surface area contributed by atoms with Crippen molar-refractivity contribution in [1.29, 1.82) is 0 Å². The number of ether oxygens (including phenoxy) is 1. The predicted octanol–water partition coefficient (Wildman–Crippen LogP) is 0.914. The molecule has 0 heterocycles. The average Bonchev–Trinajstić information content (AvgIpc) is 2.47. The van der Waals surface area contributed by atoms with Crippen LogP contribution in [0.25, 0.3) is 0 Å². The summed E-state index contributed by atoms with van der Waals surface area (Å²) in [7, 11) is -3.55. The summed E-state index contributed by atoms with van der Waals surface area (Å²) in [6.45, 7) is 10.5.